The van der Waals surface area contributed by atoms with Gasteiger partial charge in [0.1, 0.15) is 24.1 Å². The van der Waals surface area contributed by atoms with E-state index in [0.29, 0.717) is 5.75 Å². The molecule has 132 valence electrons. The number of hydrogen-bond donors (Lipinski definition) is 4. The molecule has 1 aromatic rings. The average molecular weight is 338 g/mol. The molecule has 1 aromatic carbocycles. The Bertz CT molecular complexity index is 613. The van der Waals surface area contributed by atoms with Crippen molar-refractivity contribution in [1.82, 2.24) is 0 Å². The van der Waals surface area contributed by atoms with Crippen LogP contribution < -0.4 is 4.74 Å². The summed E-state index contributed by atoms with van der Waals surface area (Å²) in [6.45, 7) is 5.27. The zero-order valence-corrected chi connectivity index (χ0v) is 13.5. The van der Waals surface area contributed by atoms with Gasteiger partial charge >= 0.3 is 0 Å². The highest BCUT2D eigenvalue weighted by Gasteiger charge is 2.43. The Morgan fingerprint density at radius 1 is 1.21 bits per heavy atom. The molecule has 0 bridgehead atoms. The Morgan fingerprint density at radius 2 is 1.92 bits per heavy atom. The molecule has 0 radical (unpaired) electrons. The van der Waals surface area contributed by atoms with E-state index in [0.717, 1.165) is 5.56 Å². The van der Waals surface area contributed by atoms with Crippen LogP contribution in [0.4, 0.5) is 0 Å². The number of aliphatic hydroxyl groups is 3. The van der Waals surface area contributed by atoms with Crippen molar-refractivity contribution in [2.75, 3.05) is 7.11 Å². The summed E-state index contributed by atoms with van der Waals surface area (Å²) < 4.78 is 15.7. The van der Waals surface area contributed by atoms with Crippen molar-refractivity contribution in [1.29, 1.82) is 0 Å². The molecule has 7 nitrogen and oxygen atoms in total. The largest absolute Gasteiger partial charge is 0.504 e. The number of rotatable bonds is 5. The molecule has 0 spiro atoms. The number of aliphatic hydroxyl groups excluding tert-OH is 3. The number of methoxy groups -OCH3 is 1. The van der Waals surface area contributed by atoms with Gasteiger partial charge in [0.15, 0.2) is 11.5 Å². The lowest BCUT2D eigenvalue weighted by Gasteiger charge is -2.38. The van der Waals surface area contributed by atoms with Crippen LogP contribution in [0.15, 0.2) is 36.6 Å². The zero-order valence-electron chi connectivity index (χ0n) is 13.5. The molecule has 7 heteroatoms. The summed E-state index contributed by atoms with van der Waals surface area (Å²) >= 11 is 0. The maximum Gasteiger partial charge on any atom is 0.229 e. The Labute approximate surface area is 140 Å². The lowest BCUT2D eigenvalue weighted by atomic mass is 10.00. The molecule has 2 rings (SSSR count). The zero-order chi connectivity index (χ0) is 17.9. The number of aromatic hydroxyl groups is 1. The van der Waals surface area contributed by atoms with E-state index in [4.69, 9.17) is 14.2 Å². The van der Waals surface area contributed by atoms with E-state index in [1.807, 2.05) is 0 Å². The molecular weight excluding hydrogens is 316 g/mol. The third kappa shape index (κ3) is 4.07. The molecule has 0 saturated carbocycles. The number of allylic oxidation sites excluding steroid dienone is 1. The van der Waals surface area contributed by atoms with E-state index in [1.165, 1.54) is 13.2 Å². The minimum absolute atomic E-state index is 0.0324. The molecular formula is C17H22O7. The van der Waals surface area contributed by atoms with Crippen LogP contribution in [0, 0.1) is 0 Å². The number of benzene rings is 1. The Balaban J connectivity index is 2.00. The van der Waals surface area contributed by atoms with Crippen LogP contribution in [-0.2, 0) is 9.47 Å². The van der Waals surface area contributed by atoms with E-state index in [9.17, 15) is 20.4 Å². The normalized spacial score (nSPS) is 30.3. The molecule has 1 saturated heterocycles. The standard InChI is InChI=1S/C17H22O7/c1-9(4-5-11-6-7-12(18)13(8-11)22-3)23-17-16(21)15(20)14(19)10(2)24-17/h4-8,10,14-21H,1H2,2-3H3/b5-4+. The van der Waals surface area contributed by atoms with Crippen LogP contribution >= 0.6 is 0 Å². The minimum atomic E-state index is -1.39. The second kappa shape index (κ2) is 7.67. The Morgan fingerprint density at radius 3 is 2.58 bits per heavy atom. The second-order valence-corrected chi connectivity index (χ2v) is 5.53. The summed E-state index contributed by atoms with van der Waals surface area (Å²) in [5, 5.41) is 38.8. The van der Waals surface area contributed by atoms with Crippen LogP contribution in [0.25, 0.3) is 6.08 Å². The maximum atomic E-state index is 9.89. The Kier molecular flexibility index (Phi) is 5.84. The summed E-state index contributed by atoms with van der Waals surface area (Å²) in [5.41, 5.74) is 0.739. The van der Waals surface area contributed by atoms with Gasteiger partial charge in [0.05, 0.1) is 13.2 Å². The molecule has 0 aliphatic carbocycles. The first kappa shape index (κ1) is 18.3. The summed E-state index contributed by atoms with van der Waals surface area (Å²) in [7, 11) is 1.45. The van der Waals surface area contributed by atoms with Crippen molar-refractivity contribution in [3.05, 3.63) is 42.2 Å². The van der Waals surface area contributed by atoms with Crippen molar-refractivity contribution in [2.45, 2.75) is 37.6 Å². The molecule has 5 unspecified atom stereocenters. The number of phenols is 1. The first-order chi connectivity index (χ1) is 11.3. The smallest absolute Gasteiger partial charge is 0.229 e. The van der Waals surface area contributed by atoms with E-state index in [-0.39, 0.29) is 11.5 Å². The monoisotopic (exact) mass is 338 g/mol. The van der Waals surface area contributed by atoms with Crippen molar-refractivity contribution >= 4 is 6.08 Å². The molecule has 1 fully saturated rings. The third-order valence-electron chi connectivity index (χ3n) is 3.74. The van der Waals surface area contributed by atoms with Crippen LogP contribution in [-0.4, -0.2) is 58.2 Å². The highest BCUT2D eigenvalue weighted by atomic mass is 16.7. The molecule has 4 N–H and O–H groups in total. The second-order valence-electron chi connectivity index (χ2n) is 5.53. The van der Waals surface area contributed by atoms with Gasteiger partial charge in [-0.1, -0.05) is 18.7 Å². The van der Waals surface area contributed by atoms with Gasteiger partial charge in [0, 0.05) is 0 Å². The quantitative estimate of drug-likeness (QED) is 0.464. The van der Waals surface area contributed by atoms with Crippen LogP contribution in [0.2, 0.25) is 0 Å². The molecule has 1 aliphatic heterocycles. The number of hydrogen-bond acceptors (Lipinski definition) is 7. The predicted octanol–water partition coefficient (Wildman–Crippen LogP) is 0.772. The van der Waals surface area contributed by atoms with Gasteiger partial charge in [-0.2, -0.15) is 0 Å². The fourth-order valence-electron chi connectivity index (χ4n) is 2.29. The minimum Gasteiger partial charge on any atom is -0.504 e. The summed E-state index contributed by atoms with van der Waals surface area (Å²) in [6, 6.07) is 4.80. The first-order valence-electron chi connectivity index (χ1n) is 7.43. The van der Waals surface area contributed by atoms with Gasteiger partial charge in [0.25, 0.3) is 0 Å². The van der Waals surface area contributed by atoms with Gasteiger partial charge in [-0.25, -0.2) is 0 Å². The van der Waals surface area contributed by atoms with Gasteiger partial charge < -0.3 is 34.6 Å². The van der Waals surface area contributed by atoms with Gasteiger partial charge in [-0.15, -0.1) is 0 Å². The lowest BCUT2D eigenvalue weighted by Crippen LogP contribution is -2.57. The van der Waals surface area contributed by atoms with Crippen molar-refractivity contribution in [3.63, 3.8) is 0 Å². The van der Waals surface area contributed by atoms with Crippen molar-refractivity contribution in [2.24, 2.45) is 0 Å². The highest BCUT2D eigenvalue weighted by Crippen LogP contribution is 2.27. The Hall–Kier alpha value is -2.06. The topological polar surface area (TPSA) is 109 Å². The molecule has 24 heavy (non-hydrogen) atoms. The van der Waals surface area contributed by atoms with E-state index in [2.05, 4.69) is 6.58 Å². The summed E-state index contributed by atoms with van der Waals surface area (Å²) in [6.07, 6.45) is -2.55. The SMILES string of the molecule is C=C(/C=C/c1ccc(O)c(OC)c1)OC1OC(C)C(O)C(O)C1O. The molecule has 1 aliphatic rings. The first-order valence-corrected chi connectivity index (χ1v) is 7.43. The molecule has 5 atom stereocenters. The van der Waals surface area contributed by atoms with Crippen molar-refractivity contribution < 1.29 is 34.6 Å². The van der Waals surface area contributed by atoms with Crippen LogP contribution in [0.3, 0.4) is 0 Å². The van der Waals surface area contributed by atoms with Crippen LogP contribution in [0.5, 0.6) is 11.5 Å². The lowest BCUT2D eigenvalue weighted by molar-refractivity contribution is -0.281. The van der Waals surface area contributed by atoms with Gasteiger partial charge in [-0.3, -0.25) is 0 Å². The molecule has 1 heterocycles. The van der Waals surface area contributed by atoms with Gasteiger partial charge in [0.2, 0.25) is 6.29 Å². The van der Waals surface area contributed by atoms with Crippen molar-refractivity contribution in [3.8, 4) is 11.5 Å². The predicted molar refractivity (Wildman–Crippen MR) is 86.3 cm³/mol. The number of phenolic OH excluding ortho intramolecular Hbond substituents is 1. The maximum absolute atomic E-state index is 9.89. The molecule has 0 amide bonds. The summed E-state index contributed by atoms with van der Waals surface area (Å²) in [4.78, 5) is 0. The van der Waals surface area contributed by atoms with Crippen LogP contribution in [0.1, 0.15) is 12.5 Å². The average Bonchev–Trinajstić information content (AvgIpc) is 2.57. The van der Waals surface area contributed by atoms with E-state index < -0.39 is 30.7 Å². The summed E-state index contributed by atoms with van der Waals surface area (Å²) in [5.74, 6) is 0.563. The fourth-order valence-corrected chi connectivity index (χ4v) is 2.29. The third-order valence-corrected chi connectivity index (χ3v) is 3.74. The van der Waals surface area contributed by atoms with Gasteiger partial charge in [-0.05, 0) is 30.7 Å². The fraction of sp³-hybridized carbons (Fsp3) is 0.412. The highest BCUT2D eigenvalue weighted by molar-refractivity contribution is 5.57. The van der Waals surface area contributed by atoms with E-state index in [1.54, 1.807) is 31.2 Å². The number of ether oxygens (including phenoxy) is 3. The molecule has 0 aromatic heterocycles. The van der Waals surface area contributed by atoms with E-state index >= 15 is 0 Å².